The van der Waals surface area contributed by atoms with E-state index in [2.05, 4.69) is 15.8 Å². The molecule has 0 aliphatic heterocycles. The van der Waals surface area contributed by atoms with Crippen molar-refractivity contribution < 1.29 is 8.78 Å². The van der Waals surface area contributed by atoms with Gasteiger partial charge in [0, 0.05) is 6.54 Å². The number of hydrogen-bond donors (Lipinski definition) is 2. The average molecular weight is 305 g/mol. The van der Waals surface area contributed by atoms with Crippen molar-refractivity contribution in [2.45, 2.75) is 6.54 Å². The van der Waals surface area contributed by atoms with Crippen molar-refractivity contribution in [1.82, 2.24) is 10.7 Å². The van der Waals surface area contributed by atoms with E-state index in [4.69, 9.17) is 12.2 Å². The Morgan fingerprint density at radius 2 is 1.86 bits per heavy atom. The summed E-state index contributed by atoms with van der Waals surface area (Å²) in [5, 5.41) is 7.18. The Morgan fingerprint density at radius 1 is 1.10 bits per heavy atom. The molecule has 0 aliphatic carbocycles. The van der Waals surface area contributed by atoms with Crippen molar-refractivity contribution in [3.05, 3.63) is 71.3 Å². The fraction of sp³-hybridized carbons (Fsp3) is 0.0667. The van der Waals surface area contributed by atoms with Gasteiger partial charge in [0.1, 0.15) is 0 Å². The minimum absolute atomic E-state index is 0.345. The van der Waals surface area contributed by atoms with Crippen LogP contribution in [-0.2, 0) is 6.54 Å². The Morgan fingerprint density at radius 3 is 2.57 bits per heavy atom. The number of nitrogens with one attached hydrogen (secondary N) is 2. The summed E-state index contributed by atoms with van der Waals surface area (Å²) in [5.74, 6) is -1.80. The zero-order valence-corrected chi connectivity index (χ0v) is 11.8. The highest BCUT2D eigenvalue weighted by molar-refractivity contribution is 7.80. The molecule has 0 heterocycles. The maximum Gasteiger partial charge on any atom is 0.187 e. The molecule has 0 aliphatic rings. The SMILES string of the molecule is Fc1ccc(/C=N\NC(=S)NCc2ccccc2)cc1F. The van der Waals surface area contributed by atoms with Crippen LogP contribution < -0.4 is 10.7 Å². The second kappa shape index (κ2) is 7.44. The molecule has 2 aromatic carbocycles. The second-order valence-electron chi connectivity index (χ2n) is 4.21. The van der Waals surface area contributed by atoms with Crippen molar-refractivity contribution in [1.29, 1.82) is 0 Å². The molecular weight excluding hydrogens is 292 g/mol. The third-order valence-electron chi connectivity index (χ3n) is 2.62. The lowest BCUT2D eigenvalue weighted by Gasteiger charge is -2.06. The van der Waals surface area contributed by atoms with Crippen molar-refractivity contribution in [2.75, 3.05) is 0 Å². The molecular formula is C15H13F2N3S. The predicted molar refractivity (Wildman–Crippen MR) is 83.0 cm³/mol. The van der Waals surface area contributed by atoms with Gasteiger partial charge < -0.3 is 5.32 Å². The minimum atomic E-state index is -0.913. The summed E-state index contributed by atoms with van der Waals surface area (Å²) >= 11 is 5.05. The standard InChI is InChI=1S/C15H13F2N3S/c16-13-7-6-12(8-14(13)17)10-19-20-15(21)18-9-11-4-2-1-3-5-11/h1-8,10H,9H2,(H2,18,20,21)/b19-10-. The number of hydrazone groups is 1. The topological polar surface area (TPSA) is 36.4 Å². The highest BCUT2D eigenvalue weighted by atomic mass is 32.1. The van der Waals surface area contributed by atoms with Gasteiger partial charge in [0.2, 0.25) is 0 Å². The van der Waals surface area contributed by atoms with E-state index in [9.17, 15) is 8.78 Å². The first-order valence-corrected chi connectivity index (χ1v) is 6.62. The summed E-state index contributed by atoms with van der Waals surface area (Å²) < 4.78 is 25.7. The Bertz CT molecular complexity index is 645. The van der Waals surface area contributed by atoms with Crippen LogP contribution in [0.1, 0.15) is 11.1 Å². The third-order valence-corrected chi connectivity index (χ3v) is 2.85. The van der Waals surface area contributed by atoms with Gasteiger partial charge in [-0.15, -0.1) is 0 Å². The molecule has 0 radical (unpaired) electrons. The Hall–Kier alpha value is -2.34. The molecule has 0 saturated heterocycles. The molecule has 0 atom stereocenters. The first-order valence-electron chi connectivity index (χ1n) is 6.21. The van der Waals surface area contributed by atoms with Crippen LogP contribution in [-0.4, -0.2) is 11.3 Å². The van der Waals surface area contributed by atoms with Crippen molar-refractivity contribution in [3.63, 3.8) is 0 Å². The van der Waals surface area contributed by atoms with Gasteiger partial charge in [-0.1, -0.05) is 36.4 Å². The molecule has 0 saturated carbocycles. The highest BCUT2D eigenvalue weighted by Crippen LogP contribution is 2.06. The summed E-state index contributed by atoms with van der Waals surface area (Å²) in [7, 11) is 0. The Kier molecular flexibility index (Phi) is 5.34. The summed E-state index contributed by atoms with van der Waals surface area (Å²) in [4.78, 5) is 0. The lowest BCUT2D eigenvalue weighted by atomic mass is 10.2. The van der Waals surface area contributed by atoms with E-state index in [1.165, 1.54) is 12.3 Å². The number of nitrogens with zero attached hydrogens (tertiary/aromatic N) is 1. The number of benzene rings is 2. The zero-order valence-electron chi connectivity index (χ0n) is 11.0. The van der Waals surface area contributed by atoms with Crippen LogP contribution in [0.15, 0.2) is 53.6 Å². The molecule has 2 rings (SSSR count). The van der Waals surface area contributed by atoms with E-state index in [1.54, 1.807) is 0 Å². The van der Waals surface area contributed by atoms with E-state index in [1.807, 2.05) is 30.3 Å². The number of halogens is 2. The van der Waals surface area contributed by atoms with Crippen LogP contribution in [0.3, 0.4) is 0 Å². The van der Waals surface area contributed by atoms with Gasteiger partial charge in [-0.05, 0) is 35.5 Å². The van der Waals surface area contributed by atoms with E-state index >= 15 is 0 Å². The largest absolute Gasteiger partial charge is 0.357 e. The Balaban J connectivity index is 1.80. The zero-order chi connectivity index (χ0) is 15.1. The lowest BCUT2D eigenvalue weighted by molar-refractivity contribution is 0.508. The first kappa shape index (κ1) is 15.1. The lowest BCUT2D eigenvalue weighted by Crippen LogP contribution is -2.31. The van der Waals surface area contributed by atoms with Crippen LogP contribution >= 0.6 is 12.2 Å². The van der Waals surface area contributed by atoms with E-state index in [0.29, 0.717) is 17.2 Å². The smallest absolute Gasteiger partial charge is 0.187 e. The molecule has 3 nitrogen and oxygen atoms in total. The summed E-state index contributed by atoms with van der Waals surface area (Å²) in [6.45, 7) is 0.577. The molecule has 0 amide bonds. The van der Waals surface area contributed by atoms with Crippen molar-refractivity contribution in [3.8, 4) is 0 Å². The van der Waals surface area contributed by atoms with E-state index < -0.39 is 11.6 Å². The van der Waals surface area contributed by atoms with Gasteiger partial charge in [-0.2, -0.15) is 5.10 Å². The number of rotatable bonds is 4. The molecule has 0 unspecified atom stereocenters. The maximum absolute atomic E-state index is 13.0. The molecule has 2 aromatic rings. The molecule has 2 N–H and O–H groups in total. The highest BCUT2D eigenvalue weighted by Gasteiger charge is 2.00. The molecule has 21 heavy (non-hydrogen) atoms. The second-order valence-corrected chi connectivity index (χ2v) is 4.62. The number of hydrogen-bond acceptors (Lipinski definition) is 2. The van der Waals surface area contributed by atoms with Gasteiger partial charge in [0.25, 0.3) is 0 Å². The normalized spacial score (nSPS) is 10.6. The molecule has 0 fully saturated rings. The monoisotopic (exact) mass is 305 g/mol. The third kappa shape index (κ3) is 4.92. The van der Waals surface area contributed by atoms with Crippen LogP contribution in [0.2, 0.25) is 0 Å². The van der Waals surface area contributed by atoms with Gasteiger partial charge in [-0.3, -0.25) is 5.43 Å². The molecule has 0 bridgehead atoms. The van der Waals surface area contributed by atoms with Crippen LogP contribution in [0.4, 0.5) is 8.78 Å². The summed E-state index contributed by atoms with van der Waals surface area (Å²) in [6, 6.07) is 13.3. The molecule has 108 valence electrons. The van der Waals surface area contributed by atoms with Crippen molar-refractivity contribution in [2.24, 2.45) is 5.10 Å². The first-order chi connectivity index (χ1) is 10.1. The molecule has 0 spiro atoms. The van der Waals surface area contributed by atoms with Crippen LogP contribution in [0.25, 0.3) is 0 Å². The van der Waals surface area contributed by atoms with E-state index in [0.717, 1.165) is 17.7 Å². The van der Waals surface area contributed by atoms with Gasteiger partial charge in [-0.25, -0.2) is 8.78 Å². The van der Waals surface area contributed by atoms with Crippen LogP contribution in [0.5, 0.6) is 0 Å². The molecule has 0 aromatic heterocycles. The van der Waals surface area contributed by atoms with Gasteiger partial charge in [0.05, 0.1) is 6.21 Å². The fourth-order valence-corrected chi connectivity index (χ4v) is 1.70. The summed E-state index contributed by atoms with van der Waals surface area (Å²) in [5.41, 5.74) is 4.14. The minimum Gasteiger partial charge on any atom is -0.357 e. The van der Waals surface area contributed by atoms with Crippen LogP contribution in [0, 0.1) is 11.6 Å². The quantitative estimate of drug-likeness (QED) is 0.518. The maximum atomic E-state index is 13.0. The molecule has 6 heteroatoms. The van der Waals surface area contributed by atoms with Gasteiger partial charge >= 0.3 is 0 Å². The van der Waals surface area contributed by atoms with E-state index in [-0.39, 0.29) is 0 Å². The van der Waals surface area contributed by atoms with Crippen molar-refractivity contribution >= 4 is 23.5 Å². The van der Waals surface area contributed by atoms with Gasteiger partial charge in [0.15, 0.2) is 16.7 Å². The predicted octanol–water partition coefficient (Wildman–Crippen LogP) is 2.96. The number of thiocarbonyl (C=S) groups is 1. The average Bonchev–Trinajstić information content (AvgIpc) is 2.50. The Labute approximate surface area is 126 Å². The fourth-order valence-electron chi connectivity index (χ4n) is 1.58. The summed E-state index contributed by atoms with van der Waals surface area (Å²) in [6.07, 6.45) is 1.36.